The van der Waals surface area contributed by atoms with Crippen LogP contribution in [0.4, 0.5) is 0 Å². The summed E-state index contributed by atoms with van der Waals surface area (Å²) in [5.74, 6) is -0.526. The number of hydrogen-bond donors (Lipinski definition) is 2. The third-order valence-electron chi connectivity index (χ3n) is 3.22. The van der Waals surface area contributed by atoms with Crippen LogP contribution in [0.25, 0.3) is 0 Å². The van der Waals surface area contributed by atoms with Crippen molar-refractivity contribution in [3.8, 4) is 0 Å². The molecule has 2 aromatic rings. The summed E-state index contributed by atoms with van der Waals surface area (Å²) in [6.07, 6.45) is 0. The molecule has 0 spiro atoms. The van der Waals surface area contributed by atoms with Crippen LogP contribution >= 0.6 is 15.9 Å². The summed E-state index contributed by atoms with van der Waals surface area (Å²) in [7, 11) is 4.04. The molecule has 0 aliphatic heterocycles. The van der Waals surface area contributed by atoms with Crippen LogP contribution in [-0.4, -0.2) is 37.4 Å². The van der Waals surface area contributed by atoms with Gasteiger partial charge in [-0.15, -0.1) is 0 Å². The molecule has 128 valence electrons. The maximum Gasteiger partial charge on any atom is 0.287 e. The molecule has 0 radical (unpaired) electrons. The molecule has 24 heavy (non-hydrogen) atoms. The summed E-state index contributed by atoms with van der Waals surface area (Å²) in [6.45, 7) is 1.20. The van der Waals surface area contributed by atoms with E-state index in [0.29, 0.717) is 11.2 Å². The van der Waals surface area contributed by atoms with Gasteiger partial charge in [0, 0.05) is 13.1 Å². The van der Waals surface area contributed by atoms with E-state index in [1.165, 1.54) is 11.6 Å². The molecule has 1 aromatic heterocycles. The fraction of sp³-hybridized carbons (Fsp3) is 0.294. The van der Waals surface area contributed by atoms with Gasteiger partial charge in [-0.25, -0.2) is 0 Å². The molecule has 0 atom stereocenters. The lowest BCUT2D eigenvalue weighted by Crippen LogP contribution is -2.36. The first kappa shape index (κ1) is 18.2. The van der Waals surface area contributed by atoms with Gasteiger partial charge < -0.3 is 20.0 Å². The van der Waals surface area contributed by atoms with E-state index in [-0.39, 0.29) is 18.2 Å². The number of halogens is 1. The lowest BCUT2D eigenvalue weighted by Gasteiger charge is -2.10. The van der Waals surface area contributed by atoms with Crippen molar-refractivity contribution in [3.05, 3.63) is 58.0 Å². The van der Waals surface area contributed by atoms with Gasteiger partial charge in [-0.05, 0) is 53.3 Å². The third-order valence-corrected chi connectivity index (χ3v) is 3.64. The number of carbonyl (C=O) groups is 2. The molecule has 0 unspecified atom stereocenters. The second-order valence-corrected chi connectivity index (χ2v) is 6.40. The Morgan fingerprint density at radius 1 is 1.04 bits per heavy atom. The number of nitrogens with zero attached hydrogens (tertiary/aromatic N) is 1. The summed E-state index contributed by atoms with van der Waals surface area (Å²) in [6, 6.07) is 11.2. The Labute approximate surface area is 149 Å². The standard InChI is InChI=1S/C17H20BrN3O3/c1-21(2)11-13-5-3-12(4-6-13)9-19-16(22)10-20-17(23)14-7-8-15(18)24-14/h3-8H,9-11H2,1-2H3,(H,19,22)(H,20,23). The Morgan fingerprint density at radius 3 is 2.29 bits per heavy atom. The number of hydrogen-bond acceptors (Lipinski definition) is 4. The van der Waals surface area contributed by atoms with Crippen LogP contribution in [0.5, 0.6) is 0 Å². The van der Waals surface area contributed by atoms with Crippen molar-refractivity contribution in [2.45, 2.75) is 13.1 Å². The number of nitrogens with one attached hydrogen (secondary N) is 2. The summed E-state index contributed by atoms with van der Waals surface area (Å²) >= 11 is 3.12. The fourth-order valence-electron chi connectivity index (χ4n) is 2.07. The average Bonchev–Trinajstić information content (AvgIpc) is 2.98. The second-order valence-electron chi connectivity index (χ2n) is 5.62. The molecule has 2 amide bonds. The van der Waals surface area contributed by atoms with Gasteiger partial charge in [-0.1, -0.05) is 24.3 Å². The molecule has 0 aliphatic rings. The van der Waals surface area contributed by atoms with Gasteiger partial charge in [0.1, 0.15) is 0 Å². The lowest BCUT2D eigenvalue weighted by atomic mass is 10.1. The minimum absolute atomic E-state index is 0.101. The first-order valence-electron chi connectivity index (χ1n) is 7.47. The van der Waals surface area contributed by atoms with E-state index in [9.17, 15) is 9.59 Å². The van der Waals surface area contributed by atoms with Crippen LogP contribution in [0.1, 0.15) is 21.7 Å². The molecule has 2 N–H and O–H groups in total. The van der Waals surface area contributed by atoms with E-state index in [1.807, 2.05) is 38.4 Å². The fourth-order valence-corrected chi connectivity index (χ4v) is 2.38. The van der Waals surface area contributed by atoms with Crippen molar-refractivity contribution in [3.63, 3.8) is 0 Å². The van der Waals surface area contributed by atoms with Gasteiger partial charge in [0.05, 0.1) is 6.54 Å². The van der Waals surface area contributed by atoms with Gasteiger partial charge >= 0.3 is 0 Å². The van der Waals surface area contributed by atoms with Gasteiger partial charge in [0.25, 0.3) is 5.91 Å². The third kappa shape index (κ3) is 5.82. The molecular weight excluding hydrogens is 374 g/mol. The highest BCUT2D eigenvalue weighted by atomic mass is 79.9. The Kier molecular flexibility index (Phi) is 6.57. The second kappa shape index (κ2) is 8.65. The molecule has 6 nitrogen and oxygen atoms in total. The van der Waals surface area contributed by atoms with Crippen molar-refractivity contribution >= 4 is 27.7 Å². The minimum Gasteiger partial charge on any atom is -0.444 e. The Bertz CT molecular complexity index is 695. The first-order chi connectivity index (χ1) is 11.4. The van der Waals surface area contributed by atoms with E-state index >= 15 is 0 Å². The summed E-state index contributed by atoms with van der Waals surface area (Å²) in [5, 5.41) is 5.28. The molecule has 0 fully saturated rings. The number of furan rings is 1. The van der Waals surface area contributed by atoms with Gasteiger partial charge in [0.2, 0.25) is 5.91 Å². The number of amides is 2. The van der Waals surface area contributed by atoms with E-state index in [0.717, 1.165) is 12.1 Å². The Balaban J connectivity index is 1.73. The van der Waals surface area contributed by atoms with Gasteiger partial charge in [-0.2, -0.15) is 0 Å². The molecule has 2 rings (SSSR count). The molecule has 0 saturated carbocycles. The molecule has 7 heteroatoms. The normalized spacial score (nSPS) is 10.7. The van der Waals surface area contributed by atoms with Gasteiger partial charge in [-0.3, -0.25) is 9.59 Å². The Hall–Kier alpha value is -2.12. The van der Waals surface area contributed by atoms with Crippen molar-refractivity contribution in [2.75, 3.05) is 20.6 Å². The van der Waals surface area contributed by atoms with E-state index in [2.05, 4.69) is 31.5 Å². The first-order valence-corrected chi connectivity index (χ1v) is 8.26. The topological polar surface area (TPSA) is 74.6 Å². The zero-order valence-electron chi connectivity index (χ0n) is 13.6. The molecule has 1 aromatic carbocycles. The van der Waals surface area contributed by atoms with Crippen LogP contribution in [0, 0.1) is 0 Å². The molecule has 0 saturated heterocycles. The highest BCUT2D eigenvalue weighted by Gasteiger charge is 2.11. The largest absolute Gasteiger partial charge is 0.444 e. The maximum absolute atomic E-state index is 11.8. The molecule has 0 aliphatic carbocycles. The van der Waals surface area contributed by atoms with E-state index in [4.69, 9.17) is 4.42 Å². The summed E-state index contributed by atoms with van der Waals surface area (Å²) < 4.78 is 5.58. The predicted molar refractivity (Wildman–Crippen MR) is 94.4 cm³/mol. The lowest BCUT2D eigenvalue weighted by molar-refractivity contribution is -0.120. The van der Waals surface area contributed by atoms with Gasteiger partial charge in [0.15, 0.2) is 10.4 Å². The highest BCUT2D eigenvalue weighted by molar-refractivity contribution is 9.10. The summed E-state index contributed by atoms with van der Waals surface area (Å²) in [5.41, 5.74) is 2.22. The monoisotopic (exact) mass is 393 g/mol. The summed E-state index contributed by atoms with van der Waals surface area (Å²) in [4.78, 5) is 25.6. The van der Waals surface area contributed by atoms with E-state index in [1.54, 1.807) is 6.07 Å². The zero-order chi connectivity index (χ0) is 17.5. The number of carbonyl (C=O) groups excluding carboxylic acids is 2. The average molecular weight is 394 g/mol. The van der Waals surface area contributed by atoms with Crippen molar-refractivity contribution in [1.29, 1.82) is 0 Å². The quantitative estimate of drug-likeness (QED) is 0.755. The number of benzene rings is 1. The van der Waals surface area contributed by atoms with Crippen molar-refractivity contribution in [1.82, 2.24) is 15.5 Å². The van der Waals surface area contributed by atoms with Crippen LogP contribution < -0.4 is 10.6 Å². The smallest absolute Gasteiger partial charge is 0.287 e. The molecular formula is C17H20BrN3O3. The van der Waals surface area contributed by atoms with Crippen LogP contribution in [0.2, 0.25) is 0 Å². The SMILES string of the molecule is CN(C)Cc1ccc(CNC(=O)CNC(=O)c2ccc(Br)o2)cc1. The Morgan fingerprint density at radius 2 is 1.71 bits per heavy atom. The number of rotatable bonds is 7. The minimum atomic E-state index is -0.427. The maximum atomic E-state index is 11.8. The van der Waals surface area contributed by atoms with E-state index < -0.39 is 5.91 Å². The zero-order valence-corrected chi connectivity index (χ0v) is 15.2. The van der Waals surface area contributed by atoms with Crippen LogP contribution in [0.15, 0.2) is 45.5 Å². The highest BCUT2D eigenvalue weighted by Crippen LogP contribution is 2.13. The van der Waals surface area contributed by atoms with Crippen molar-refractivity contribution in [2.24, 2.45) is 0 Å². The van der Waals surface area contributed by atoms with Crippen LogP contribution in [-0.2, 0) is 17.9 Å². The van der Waals surface area contributed by atoms with Crippen LogP contribution in [0.3, 0.4) is 0 Å². The molecule has 0 bridgehead atoms. The molecule has 1 heterocycles. The van der Waals surface area contributed by atoms with Crippen molar-refractivity contribution < 1.29 is 14.0 Å². The predicted octanol–water partition coefficient (Wildman–Crippen LogP) is 2.15.